The first-order chi connectivity index (χ1) is 9.60. The summed E-state index contributed by atoms with van der Waals surface area (Å²) in [6.07, 6.45) is 0.905. The van der Waals surface area contributed by atoms with Crippen LogP contribution in [0.4, 0.5) is 4.39 Å². The second-order valence-electron chi connectivity index (χ2n) is 4.40. The van der Waals surface area contributed by atoms with Gasteiger partial charge in [-0.2, -0.15) is 0 Å². The van der Waals surface area contributed by atoms with Crippen LogP contribution in [0.25, 0.3) is 0 Å². The highest BCUT2D eigenvalue weighted by molar-refractivity contribution is 6.33. The lowest BCUT2D eigenvalue weighted by Crippen LogP contribution is -2.02. The van der Waals surface area contributed by atoms with Crippen molar-refractivity contribution in [2.24, 2.45) is 0 Å². The van der Waals surface area contributed by atoms with Crippen LogP contribution in [0.1, 0.15) is 22.3 Å². The van der Waals surface area contributed by atoms with Gasteiger partial charge >= 0.3 is 0 Å². The number of halogens is 2. The number of aryl methyl sites for hydroxylation is 1. The summed E-state index contributed by atoms with van der Waals surface area (Å²) in [4.78, 5) is 12.1. The van der Waals surface area contributed by atoms with Crippen molar-refractivity contribution in [2.45, 2.75) is 12.8 Å². The zero-order chi connectivity index (χ0) is 14.5. The molecule has 0 spiro atoms. The molecule has 104 valence electrons. The van der Waals surface area contributed by atoms with E-state index in [0.29, 0.717) is 18.4 Å². The van der Waals surface area contributed by atoms with Gasteiger partial charge in [-0.1, -0.05) is 23.7 Å². The minimum Gasteiger partial charge on any atom is -0.497 e. The van der Waals surface area contributed by atoms with Gasteiger partial charge in [0, 0.05) is 12.0 Å². The van der Waals surface area contributed by atoms with Gasteiger partial charge in [-0.25, -0.2) is 4.39 Å². The molecule has 20 heavy (non-hydrogen) atoms. The Bertz CT molecular complexity index is 626. The fourth-order valence-corrected chi connectivity index (χ4v) is 2.21. The van der Waals surface area contributed by atoms with Crippen molar-refractivity contribution in [3.63, 3.8) is 0 Å². The molecule has 2 aromatic rings. The Labute approximate surface area is 122 Å². The zero-order valence-corrected chi connectivity index (χ0v) is 11.8. The molecule has 0 aromatic heterocycles. The highest BCUT2D eigenvalue weighted by Crippen LogP contribution is 2.20. The molecular weight excluding hydrogens is 279 g/mol. The number of Topliss-reactive ketones (excluding diaryl/α,β-unsaturated/α-hetero) is 1. The quantitative estimate of drug-likeness (QED) is 0.768. The van der Waals surface area contributed by atoms with Crippen LogP contribution in [-0.2, 0) is 6.42 Å². The monoisotopic (exact) mass is 292 g/mol. The Kier molecular flexibility index (Phi) is 4.74. The molecule has 0 N–H and O–H groups in total. The maximum atomic E-state index is 12.9. The van der Waals surface area contributed by atoms with Gasteiger partial charge in [0.15, 0.2) is 5.78 Å². The van der Waals surface area contributed by atoms with E-state index in [0.717, 1.165) is 17.4 Å². The maximum absolute atomic E-state index is 12.9. The van der Waals surface area contributed by atoms with E-state index in [-0.39, 0.29) is 10.8 Å². The maximum Gasteiger partial charge on any atom is 0.164 e. The lowest BCUT2D eigenvalue weighted by atomic mass is 10.0. The molecule has 2 nitrogen and oxygen atoms in total. The fourth-order valence-electron chi connectivity index (χ4n) is 1.94. The molecule has 0 bridgehead atoms. The smallest absolute Gasteiger partial charge is 0.164 e. The minimum absolute atomic E-state index is 0.0992. The first-order valence-electron chi connectivity index (χ1n) is 6.21. The van der Waals surface area contributed by atoms with Crippen molar-refractivity contribution >= 4 is 17.4 Å². The summed E-state index contributed by atoms with van der Waals surface area (Å²) in [7, 11) is 1.60. The number of hydrogen-bond acceptors (Lipinski definition) is 2. The van der Waals surface area contributed by atoms with Gasteiger partial charge in [0.05, 0.1) is 12.1 Å². The predicted octanol–water partition coefficient (Wildman–Crippen LogP) is 4.30. The lowest BCUT2D eigenvalue weighted by molar-refractivity contribution is 0.0983. The normalized spacial score (nSPS) is 10.3. The van der Waals surface area contributed by atoms with Crippen molar-refractivity contribution in [3.05, 3.63) is 64.4 Å². The Hall–Kier alpha value is -1.87. The van der Waals surface area contributed by atoms with Gasteiger partial charge in [-0.05, 0) is 42.3 Å². The van der Waals surface area contributed by atoms with Crippen LogP contribution in [0.5, 0.6) is 5.75 Å². The number of ketones is 1. The molecule has 0 aliphatic carbocycles. The number of carbonyl (C=O) groups is 1. The van der Waals surface area contributed by atoms with Crippen LogP contribution in [-0.4, -0.2) is 12.9 Å². The molecule has 0 heterocycles. The summed E-state index contributed by atoms with van der Waals surface area (Å²) >= 11 is 5.87. The number of methoxy groups -OCH3 is 1. The number of carbonyl (C=O) groups excluding carboxylic acids is 1. The van der Waals surface area contributed by atoms with Crippen LogP contribution in [0, 0.1) is 5.82 Å². The van der Waals surface area contributed by atoms with Gasteiger partial charge in [-0.3, -0.25) is 4.79 Å². The number of rotatable bonds is 5. The molecule has 4 heteroatoms. The van der Waals surface area contributed by atoms with Gasteiger partial charge in [0.2, 0.25) is 0 Å². The minimum atomic E-state index is -0.445. The van der Waals surface area contributed by atoms with Crippen LogP contribution >= 0.6 is 11.6 Å². The summed E-state index contributed by atoms with van der Waals surface area (Å²) in [5.41, 5.74) is 1.37. The van der Waals surface area contributed by atoms with E-state index in [1.807, 2.05) is 24.3 Å². The van der Waals surface area contributed by atoms with Gasteiger partial charge in [0.25, 0.3) is 0 Å². The molecule has 0 radical (unpaired) electrons. The third-order valence-electron chi connectivity index (χ3n) is 3.01. The van der Waals surface area contributed by atoms with E-state index in [4.69, 9.17) is 16.3 Å². The SMILES string of the molecule is COc1cccc(CCC(=O)c2ccc(F)cc2Cl)c1. The Morgan fingerprint density at radius 2 is 2.05 bits per heavy atom. The van der Waals surface area contributed by atoms with E-state index in [1.54, 1.807) is 7.11 Å². The molecule has 2 rings (SSSR count). The van der Waals surface area contributed by atoms with Crippen molar-refractivity contribution < 1.29 is 13.9 Å². The molecule has 0 unspecified atom stereocenters. The lowest BCUT2D eigenvalue weighted by Gasteiger charge is -2.05. The molecule has 0 fully saturated rings. The average Bonchev–Trinajstić information content (AvgIpc) is 2.45. The van der Waals surface area contributed by atoms with Crippen molar-refractivity contribution in [2.75, 3.05) is 7.11 Å². The average molecular weight is 293 g/mol. The van der Waals surface area contributed by atoms with E-state index in [1.165, 1.54) is 12.1 Å². The van der Waals surface area contributed by atoms with E-state index in [2.05, 4.69) is 0 Å². The third kappa shape index (κ3) is 3.58. The molecule has 0 aliphatic rings. The molecule has 0 amide bonds. The first kappa shape index (κ1) is 14.5. The molecule has 0 atom stereocenters. The summed E-state index contributed by atoms with van der Waals surface area (Å²) in [6.45, 7) is 0. The Morgan fingerprint density at radius 1 is 1.25 bits per heavy atom. The second kappa shape index (κ2) is 6.53. The van der Waals surface area contributed by atoms with E-state index in [9.17, 15) is 9.18 Å². The van der Waals surface area contributed by atoms with Gasteiger partial charge < -0.3 is 4.74 Å². The van der Waals surface area contributed by atoms with Crippen LogP contribution in [0.2, 0.25) is 5.02 Å². The van der Waals surface area contributed by atoms with Crippen LogP contribution < -0.4 is 4.74 Å². The molecule has 0 saturated carbocycles. The molecule has 2 aromatic carbocycles. The van der Waals surface area contributed by atoms with Gasteiger partial charge in [-0.15, -0.1) is 0 Å². The summed E-state index contributed by atoms with van der Waals surface area (Å²) < 4.78 is 18.1. The standard InChI is InChI=1S/C16H14ClFO2/c1-20-13-4-2-3-11(9-13)5-8-16(19)14-7-6-12(18)10-15(14)17/h2-4,6-7,9-10H,5,8H2,1H3. The Balaban J connectivity index is 2.04. The van der Waals surface area contributed by atoms with Crippen molar-refractivity contribution in [1.82, 2.24) is 0 Å². The molecule has 0 saturated heterocycles. The third-order valence-corrected chi connectivity index (χ3v) is 3.32. The predicted molar refractivity (Wildman–Crippen MR) is 77.1 cm³/mol. The summed E-state index contributed by atoms with van der Waals surface area (Å²) in [5.74, 6) is 0.215. The van der Waals surface area contributed by atoms with Crippen LogP contribution in [0.3, 0.4) is 0 Å². The van der Waals surface area contributed by atoms with Crippen LogP contribution in [0.15, 0.2) is 42.5 Å². The topological polar surface area (TPSA) is 26.3 Å². The van der Waals surface area contributed by atoms with Gasteiger partial charge in [0.1, 0.15) is 11.6 Å². The number of benzene rings is 2. The van der Waals surface area contributed by atoms with E-state index < -0.39 is 5.82 Å². The highest BCUT2D eigenvalue weighted by atomic mass is 35.5. The molecular formula is C16H14ClFO2. The number of hydrogen-bond donors (Lipinski definition) is 0. The Morgan fingerprint density at radius 3 is 2.75 bits per heavy atom. The summed E-state index contributed by atoms with van der Waals surface area (Å²) in [6, 6.07) is 11.4. The summed E-state index contributed by atoms with van der Waals surface area (Å²) in [5, 5.41) is 0.153. The van der Waals surface area contributed by atoms with Crippen molar-refractivity contribution in [3.8, 4) is 5.75 Å². The second-order valence-corrected chi connectivity index (χ2v) is 4.81. The largest absolute Gasteiger partial charge is 0.497 e. The first-order valence-corrected chi connectivity index (χ1v) is 6.59. The van der Waals surface area contributed by atoms with E-state index >= 15 is 0 Å². The van der Waals surface area contributed by atoms with Crippen molar-refractivity contribution in [1.29, 1.82) is 0 Å². The highest BCUT2D eigenvalue weighted by Gasteiger charge is 2.11. The molecule has 0 aliphatic heterocycles. The fraction of sp³-hybridized carbons (Fsp3) is 0.188. The number of ether oxygens (including phenoxy) is 1. The zero-order valence-electron chi connectivity index (χ0n) is 11.0.